The Kier molecular flexibility index (Phi) is 4.02. The van der Waals surface area contributed by atoms with Gasteiger partial charge in [-0.1, -0.05) is 28.1 Å². The summed E-state index contributed by atoms with van der Waals surface area (Å²) >= 11 is 3.42. The van der Waals surface area contributed by atoms with Crippen molar-refractivity contribution in [1.82, 2.24) is 4.90 Å². The molecule has 1 aliphatic heterocycles. The van der Waals surface area contributed by atoms with E-state index in [1.165, 1.54) is 5.56 Å². The maximum Gasteiger partial charge on any atom is 0.306 e. The number of carbonyl (C=O) groups excluding carboxylic acids is 1. The number of benzene rings is 1. The average molecular weight is 352 g/mol. The van der Waals surface area contributed by atoms with E-state index in [0.29, 0.717) is 31.8 Å². The second-order valence-corrected chi connectivity index (χ2v) is 6.85. The Morgan fingerprint density at radius 2 is 1.76 bits per heavy atom. The lowest BCUT2D eigenvalue weighted by Gasteiger charge is -2.30. The standard InChI is InChI=1S/C16H18BrNO3/c17-12-3-1-10(2-4-12)13-9-14(13)15(19)18-7-5-11(6-8-18)16(20)21/h1-4,11,13-14H,5-9H2,(H,20,21)/t13-,14+/m1/s1. The fraction of sp³-hybridized carbons (Fsp3) is 0.500. The van der Waals surface area contributed by atoms with Gasteiger partial charge in [0.2, 0.25) is 5.91 Å². The second kappa shape index (κ2) is 5.79. The Morgan fingerprint density at radius 3 is 2.33 bits per heavy atom. The maximum atomic E-state index is 12.5. The van der Waals surface area contributed by atoms with Gasteiger partial charge in [-0.2, -0.15) is 0 Å². The van der Waals surface area contributed by atoms with Gasteiger partial charge in [0.15, 0.2) is 0 Å². The number of likely N-dealkylation sites (tertiary alicyclic amines) is 1. The highest BCUT2D eigenvalue weighted by Crippen LogP contribution is 2.48. The van der Waals surface area contributed by atoms with Gasteiger partial charge in [0, 0.05) is 23.5 Å². The highest BCUT2D eigenvalue weighted by molar-refractivity contribution is 9.10. The van der Waals surface area contributed by atoms with Crippen molar-refractivity contribution in [2.75, 3.05) is 13.1 Å². The summed E-state index contributed by atoms with van der Waals surface area (Å²) in [5.74, 6) is -0.390. The zero-order valence-corrected chi connectivity index (χ0v) is 13.3. The van der Waals surface area contributed by atoms with Crippen LogP contribution in [0.3, 0.4) is 0 Å². The average Bonchev–Trinajstić information content (AvgIpc) is 3.28. The zero-order valence-electron chi connectivity index (χ0n) is 11.7. The number of aliphatic carboxylic acids is 1. The predicted molar refractivity (Wildman–Crippen MR) is 81.9 cm³/mol. The van der Waals surface area contributed by atoms with Crippen LogP contribution >= 0.6 is 15.9 Å². The Bertz CT molecular complexity index is 549. The molecule has 4 nitrogen and oxygen atoms in total. The molecule has 1 N–H and O–H groups in total. The number of rotatable bonds is 3. The highest BCUT2D eigenvalue weighted by atomic mass is 79.9. The molecule has 1 saturated heterocycles. The summed E-state index contributed by atoms with van der Waals surface area (Å²) < 4.78 is 1.05. The number of carbonyl (C=O) groups is 2. The van der Waals surface area contributed by atoms with E-state index in [0.717, 1.165) is 10.9 Å². The number of halogens is 1. The largest absolute Gasteiger partial charge is 0.481 e. The van der Waals surface area contributed by atoms with Crippen LogP contribution in [0.5, 0.6) is 0 Å². The second-order valence-electron chi connectivity index (χ2n) is 5.94. The van der Waals surface area contributed by atoms with Crippen molar-refractivity contribution >= 4 is 27.8 Å². The van der Waals surface area contributed by atoms with E-state index in [9.17, 15) is 9.59 Å². The normalized spacial score (nSPS) is 25.7. The smallest absolute Gasteiger partial charge is 0.306 e. The Morgan fingerprint density at radius 1 is 1.14 bits per heavy atom. The van der Waals surface area contributed by atoms with E-state index in [1.807, 2.05) is 17.0 Å². The molecule has 1 aromatic carbocycles. The van der Waals surface area contributed by atoms with Crippen LogP contribution in [0.2, 0.25) is 0 Å². The lowest BCUT2D eigenvalue weighted by Crippen LogP contribution is -2.41. The molecule has 21 heavy (non-hydrogen) atoms. The topological polar surface area (TPSA) is 57.6 Å². The van der Waals surface area contributed by atoms with E-state index in [2.05, 4.69) is 28.1 Å². The van der Waals surface area contributed by atoms with Crippen LogP contribution in [0.4, 0.5) is 0 Å². The molecule has 2 fully saturated rings. The predicted octanol–water partition coefficient (Wildman–Crippen LogP) is 2.88. The van der Waals surface area contributed by atoms with E-state index >= 15 is 0 Å². The lowest BCUT2D eigenvalue weighted by atomic mass is 9.96. The molecule has 0 bridgehead atoms. The molecule has 1 amide bonds. The molecular formula is C16H18BrNO3. The van der Waals surface area contributed by atoms with Gasteiger partial charge in [-0.3, -0.25) is 9.59 Å². The van der Waals surface area contributed by atoms with Crippen LogP contribution < -0.4 is 0 Å². The van der Waals surface area contributed by atoms with Crippen molar-refractivity contribution in [2.24, 2.45) is 11.8 Å². The molecule has 0 spiro atoms. The van der Waals surface area contributed by atoms with Gasteiger partial charge in [0.1, 0.15) is 0 Å². The Balaban J connectivity index is 1.56. The third-order valence-corrected chi connectivity index (χ3v) is 5.09. The molecular weight excluding hydrogens is 334 g/mol. The summed E-state index contributed by atoms with van der Waals surface area (Å²) in [5, 5.41) is 8.99. The van der Waals surface area contributed by atoms with Gasteiger partial charge in [-0.05, 0) is 42.9 Å². The molecule has 1 aromatic rings. The first-order valence-electron chi connectivity index (χ1n) is 7.33. The number of carboxylic acids is 1. The van der Waals surface area contributed by atoms with E-state index in [-0.39, 0.29) is 17.7 Å². The molecule has 1 aliphatic carbocycles. The summed E-state index contributed by atoms with van der Waals surface area (Å²) in [6.45, 7) is 1.17. The number of piperidine rings is 1. The monoisotopic (exact) mass is 351 g/mol. The quantitative estimate of drug-likeness (QED) is 0.910. The fourth-order valence-corrected chi connectivity index (χ4v) is 3.39. The van der Waals surface area contributed by atoms with Gasteiger partial charge < -0.3 is 10.0 Å². The highest BCUT2D eigenvalue weighted by Gasteiger charge is 2.46. The van der Waals surface area contributed by atoms with E-state index in [4.69, 9.17) is 5.11 Å². The fourth-order valence-electron chi connectivity index (χ4n) is 3.13. The van der Waals surface area contributed by atoms with Crippen LogP contribution in [0.25, 0.3) is 0 Å². The van der Waals surface area contributed by atoms with Crippen LogP contribution in [0.15, 0.2) is 28.7 Å². The third kappa shape index (κ3) is 3.12. The molecule has 1 saturated carbocycles. The minimum atomic E-state index is -0.735. The first-order chi connectivity index (χ1) is 10.1. The summed E-state index contributed by atoms with van der Waals surface area (Å²) in [6, 6.07) is 8.15. The molecule has 0 unspecified atom stereocenters. The van der Waals surface area contributed by atoms with Crippen molar-refractivity contribution in [3.05, 3.63) is 34.3 Å². The molecule has 0 aromatic heterocycles. The lowest BCUT2D eigenvalue weighted by molar-refractivity contribution is -0.146. The molecule has 2 atom stereocenters. The number of hydrogen-bond acceptors (Lipinski definition) is 2. The molecule has 3 rings (SSSR count). The van der Waals surface area contributed by atoms with Crippen LogP contribution in [-0.2, 0) is 9.59 Å². The number of nitrogens with zero attached hydrogens (tertiary/aromatic N) is 1. The van der Waals surface area contributed by atoms with Gasteiger partial charge in [0.25, 0.3) is 0 Å². The summed E-state index contributed by atoms with van der Waals surface area (Å²) in [5.41, 5.74) is 1.22. The van der Waals surface area contributed by atoms with E-state index < -0.39 is 5.97 Å². The maximum absolute atomic E-state index is 12.5. The SMILES string of the molecule is O=C(O)C1CCN(C(=O)[C@H]2C[C@@H]2c2ccc(Br)cc2)CC1. The number of carboxylic acid groups (broad SMARTS) is 1. The van der Waals surface area contributed by atoms with Crippen molar-refractivity contribution in [2.45, 2.75) is 25.2 Å². The Hall–Kier alpha value is -1.36. The van der Waals surface area contributed by atoms with Gasteiger partial charge in [-0.25, -0.2) is 0 Å². The molecule has 2 aliphatic rings. The minimum Gasteiger partial charge on any atom is -0.481 e. The molecule has 0 radical (unpaired) electrons. The van der Waals surface area contributed by atoms with Crippen LogP contribution in [0.1, 0.15) is 30.7 Å². The summed E-state index contributed by atoms with van der Waals surface area (Å²) in [6.07, 6.45) is 2.08. The Labute approximate surface area is 132 Å². The van der Waals surface area contributed by atoms with Gasteiger partial charge >= 0.3 is 5.97 Å². The van der Waals surface area contributed by atoms with Gasteiger partial charge in [-0.15, -0.1) is 0 Å². The van der Waals surface area contributed by atoms with Gasteiger partial charge in [0.05, 0.1) is 5.92 Å². The summed E-state index contributed by atoms with van der Waals surface area (Å²) in [4.78, 5) is 25.2. The third-order valence-electron chi connectivity index (χ3n) is 4.56. The van der Waals surface area contributed by atoms with E-state index in [1.54, 1.807) is 0 Å². The van der Waals surface area contributed by atoms with Crippen LogP contribution in [-0.4, -0.2) is 35.0 Å². The number of hydrogen-bond donors (Lipinski definition) is 1. The summed E-state index contributed by atoms with van der Waals surface area (Å²) in [7, 11) is 0. The molecule has 112 valence electrons. The molecule has 1 heterocycles. The molecule has 5 heteroatoms. The van der Waals surface area contributed by atoms with Crippen LogP contribution in [0, 0.1) is 11.8 Å². The van der Waals surface area contributed by atoms with Crippen molar-refractivity contribution in [1.29, 1.82) is 0 Å². The first-order valence-corrected chi connectivity index (χ1v) is 8.12. The van der Waals surface area contributed by atoms with Crippen molar-refractivity contribution < 1.29 is 14.7 Å². The van der Waals surface area contributed by atoms with Crippen molar-refractivity contribution in [3.8, 4) is 0 Å². The first kappa shape index (κ1) is 14.6. The number of amides is 1. The zero-order chi connectivity index (χ0) is 15.0. The minimum absolute atomic E-state index is 0.0903. The van der Waals surface area contributed by atoms with Crippen molar-refractivity contribution in [3.63, 3.8) is 0 Å².